The molecule has 2 heteroatoms. The van der Waals surface area contributed by atoms with Gasteiger partial charge in [-0.1, -0.05) is 43.5 Å². The minimum absolute atomic E-state index is 0.242. The molecule has 0 saturated heterocycles. The topological polar surface area (TPSA) is 9.23 Å². The fraction of sp³-hybridized carbons (Fsp3) is 0.143. The molecule has 0 amide bonds. The van der Waals surface area contributed by atoms with Crippen molar-refractivity contribution in [2.45, 2.75) is 13.0 Å². The summed E-state index contributed by atoms with van der Waals surface area (Å²) in [5.41, 5.74) is 0.859. The van der Waals surface area contributed by atoms with Crippen molar-refractivity contribution in [1.82, 2.24) is 0 Å². The number of hydrogen-bond acceptors (Lipinski definition) is 1. The lowest BCUT2D eigenvalue weighted by molar-refractivity contribution is 0.249. The van der Waals surface area contributed by atoms with Crippen LogP contribution in [0.5, 0.6) is 5.75 Å². The average molecular weight is 218 g/mol. The maximum Gasteiger partial charge on any atom is 0.165 e. The van der Waals surface area contributed by atoms with Crippen LogP contribution in [0.2, 0.25) is 0 Å². The van der Waals surface area contributed by atoms with Crippen LogP contribution in [-0.2, 0) is 0 Å². The Balaban J connectivity index is 2.82. The third-order valence-electron chi connectivity index (χ3n) is 2.16. The van der Waals surface area contributed by atoms with Gasteiger partial charge in [0, 0.05) is 0 Å². The number of allylic oxidation sites excluding steroid dienone is 2. The van der Waals surface area contributed by atoms with Gasteiger partial charge in [0.05, 0.1) is 0 Å². The minimum Gasteiger partial charge on any atom is -0.483 e. The molecule has 0 saturated carbocycles. The first-order valence-electron chi connectivity index (χ1n) is 5.05. The summed E-state index contributed by atoms with van der Waals surface area (Å²) < 4.78 is 18.8. The van der Waals surface area contributed by atoms with Crippen molar-refractivity contribution in [3.8, 4) is 5.75 Å². The first-order valence-corrected chi connectivity index (χ1v) is 5.05. The predicted octanol–water partition coefficient (Wildman–Crippen LogP) is 3.89. The van der Waals surface area contributed by atoms with E-state index in [1.54, 1.807) is 36.4 Å². The lowest BCUT2D eigenvalue weighted by atomic mass is 10.1. The van der Waals surface area contributed by atoms with Gasteiger partial charge < -0.3 is 4.74 Å². The molecule has 0 aliphatic carbocycles. The summed E-state index contributed by atoms with van der Waals surface area (Å²) in [5, 5.41) is 0. The van der Waals surface area contributed by atoms with E-state index in [-0.39, 0.29) is 17.7 Å². The lowest BCUT2D eigenvalue weighted by Crippen LogP contribution is -2.14. The van der Waals surface area contributed by atoms with Crippen LogP contribution >= 0.6 is 0 Å². The molecule has 1 unspecified atom stereocenters. The SMILES string of the molecule is C=CC=C(C=C)C(C)Oc1ccccc1F. The third kappa shape index (κ3) is 3.09. The monoisotopic (exact) mass is 218 g/mol. The van der Waals surface area contributed by atoms with Crippen LogP contribution in [0.4, 0.5) is 4.39 Å². The van der Waals surface area contributed by atoms with Gasteiger partial charge in [-0.2, -0.15) is 0 Å². The van der Waals surface area contributed by atoms with Crippen molar-refractivity contribution in [3.05, 3.63) is 67.0 Å². The third-order valence-corrected chi connectivity index (χ3v) is 2.16. The Bertz CT molecular complexity index is 407. The number of halogens is 1. The van der Waals surface area contributed by atoms with E-state index in [9.17, 15) is 4.39 Å². The molecule has 1 aromatic carbocycles. The van der Waals surface area contributed by atoms with Crippen LogP contribution in [-0.4, -0.2) is 6.10 Å². The standard InChI is InChI=1S/C14H15FO/c1-4-8-12(5-2)11(3)16-14-10-7-6-9-13(14)15/h4-11H,1-2H2,3H3. The van der Waals surface area contributed by atoms with Gasteiger partial charge in [0.15, 0.2) is 11.6 Å². The Morgan fingerprint density at radius 2 is 2.06 bits per heavy atom. The summed E-state index contributed by atoms with van der Waals surface area (Å²) in [6.45, 7) is 9.11. The smallest absolute Gasteiger partial charge is 0.165 e. The molecule has 0 heterocycles. The maximum absolute atomic E-state index is 13.3. The molecule has 84 valence electrons. The molecule has 0 aromatic heterocycles. The molecule has 1 aromatic rings. The molecule has 0 fully saturated rings. The van der Waals surface area contributed by atoms with Crippen molar-refractivity contribution < 1.29 is 9.13 Å². The fourth-order valence-corrected chi connectivity index (χ4v) is 1.30. The van der Waals surface area contributed by atoms with Gasteiger partial charge in [-0.15, -0.1) is 0 Å². The normalized spacial score (nSPS) is 13.0. The van der Waals surface area contributed by atoms with Gasteiger partial charge in [0.1, 0.15) is 6.10 Å². The Kier molecular flexibility index (Phi) is 4.52. The highest BCUT2D eigenvalue weighted by molar-refractivity contribution is 5.29. The number of rotatable bonds is 5. The molecule has 1 atom stereocenters. The van der Waals surface area contributed by atoms with Crippen LogP contribution < -0.4 is 4.74 Å². The van der Waals surface area contributed by atoms with Crippen molar-refractivity contribution in [3.63, 3.8) is 0 Å². The summed E-state index contributed by atoms with van der Waals surface area (Å²) in [7, 11) is 0. The Morgan fingerprint density at radius 1 is 1.38 bits per heavy atom. The van der Waals surface area contributed by atoms with E-state index >= 15 is 0 Å². The van der Waals surface area contributed by atoms with Gasteiger partial charge in [0.2, 0.25) is 0 Å². The van der Waals surface area contributed by atoms with E-state index in [0.717, 1.165) is 5.57 Å². The zero-order valence-electron chi connectivity index (χ0n) is 9.32. The zero-order chi connectivity index (χ0) is 12.0. The highest BCUT2D eigenvalue weighted by Gasteiger charge is 2.09. The Labute approximate surface area is 95.6 Å². The molecule has 16 heavy (non-hydrogen) atoms. The van der Waals surface area contributed by atoms with Gasteiger partial charge >= 0.3 is 0 Å². The Hall–Kier alpha value is -1.83. The lowest BCUT2D eigenvalue weighted by Gasteiger charge is -2.15. The molecule has 0 radical (unpaired) electrons. The maximum atomic E-state index is 13.3. The van der Waals surface area contributed by atoms with Crippen molar-refractivity contribution >= 4 is 0 Å². The second-order valence-corrected chi connectivity index (χ2v) is 3.30. The summed E-state index contributed by atoms with van der Waals surface area (Å²) in [5.74, 6) is -0.122. The minimum atomic E-state index is -0.364. The van der Waals surface area contributed by atoms with Crippen molar-refractivity contribution in [1.29, 1.82) is 0 Å². The van der Waals surface area contributed by atoms with Crippen molar-refractivity contribution in [2.75, 3.05) is 0 Å². The molecule has 0 N–H and O–H groups in total. The van der Waals surface area contributed by atoms with E-state index in [1.165, 1.54) is 6.07 Å². The van der Waals surface area contributed by atoms with E-state index < -0.39 is 0 Å². The summed E-state index contributed by atoms with van der Waals surface area (Å²) >= 11 is 0. The molecule has 0 aliphatic heterocycles. The van der Waals surface area contributed by atoms with Crippen LogP contribution in [0.1, 0.15) is 6.92 Å². The van der Waals surface area contributed by atoms with Crippen LogP contribution in [0, 0.1) is 5.82 Å². The van der Waals surface area contributed by atoms with E-state index in [2.05, 4.69) is 13.2 Å². The average Bonchev–Trinajstić information content (AvgIpc) is 2.29. The van der Waals surface area contributed by atoms with Crippen LogP contribution in [0.25, 0.3) is 0 Å². The van der Waals surface area contributed by atoms with E-state index in [1.807, 2.05) is 6.92 Å². The van der Waals surface area contributed by atoms with Gasteiger partial charge in [0.25, 0.3) is 0 Å². The number of hydrogen-bond donors (Lipinski definition) is 0. The number of benzene rings is 1. The van der Waals surface area contributed by atoms with Crippen molar-refractivity contribution in [2.24, 2.45) is 0 Å². The zero-order valence-corrected chi connectivity index (χ0v) is 9.32. The first kappa shape index (κ1) is 12.2. The first-order chi connectivity index (χ1) is 7.69. The predicted molar refractivity (Wildman–Crippen MR) is 65.0 cm³/mol. The largest absolute Gasteiger partial charge is 0.483 e. The molecular weight excluding hydrogens is 203 g/mol. The van der Waals surface area contributed by atoms with Gasteiger partial charge in [-0.25, -0.2) is 4.39 Å². The van der Waals surface area contributed by atoms with Crippen LogP contribution in [0.3, 0.4) is 0 Å². The second-order valence-electron chi connectivity index (χ2n) is 3.30. The summed E-state index contributed by atoms with van der Waals surface area (Å²) in [4.78, 5) is 0. The highest BCUT2D eigenvalue weighted by atomic mass is 19.1. The number of ether oxygens (including phenoxy) is 1. The van der Waals surface area contributed by atoms with Crippen LogP contribution in [0.15, 0.2) is 61.2 Å². The van der Waals surface area contributed by atoms with Gasteiger partial charge in [-0.3, -0.25) is 0 Å². The summed E-state index contributed by atoms with van der Waals surface area (Å²) in [6.07, 6.45) is 4.86. The fourth-order valence-electron chi connectivity index (χ4n) is 1.30. The van der Waals surface area contributed by atoms with Gasteiger partial charge in [-0.05, 0) is 24.6 Å². The second kappa shape index (κ2) is 5.91. The Morgan fingerprint density at radius 3 is 2.62 bits per heavy atom. The summed E-state index contributed by atoms with van der Waals surface area (Å²) in [6, 6.07) is 6.32. The molecule has 1 nitrogen and oxygen atoms in total. The molecule has 0 spiro atoms. The molecular formula is C14H15FO. The quantitative estimate of drug-likeness (QED) is 0.681. The molecule has 0 bridgehead atoms. The highest BCUT2D eigenvalue weighted by Crippen LogP contribution is 2.19. The molecule has 0 aliphatic rings. The van der Waals surface area contributed by atoms with E-state index in [0.29, 0.717) is 0 Å². The number of para-hydroxylation sites is 1. The molecule has 1 rings (SSSR count). The van der Waals surface area contributed by atoms with E-state index in [4.69, 9.17) is 4.74 Å².